The standard InChI is InChI=1S/C10H12N4O/c11-7-8-1-2-9(12)10(13-8)14-3-5-15-6-4-14/h1-2H,3-6,12H2. The molecule has 0 amide bonds. The lowest BCUT2D eigenvalue weighted by Crippen LogP contribution is -2.37. The zero-order chi connectivity index (χ0) is 10.7. The van der Waals surface area contributed by atoms with Gasteiger partial charge in [0.2, 0.25) is 0 Å². The van der Waals surface area contributed by atoms with Crippen LogP contribution in [0.3, 0.4) is 0 Å². The van der Waals surface area contributed by atoms with E-state index < -0.39 is 0 Å². The third kappa shape index (κ3) is 2.00. The van der Waals surface area contributed by atoms with Crippen LogP contribution < -0.4 is 10.6 Å². The van der Waals surface area contributed by atoms with E-state index in [0.717, 1.165) is 13.1 Å². The highest BCUT2D eigenvalue weighted by Gasteiger charge is 2.15. The average molecular weight is 204 g/mol. The average Bonchev–Trinajstić information content (AvgIpc) is 2.31. The van der Waals surface area contributed by atoms with Crippen molar-refractivity contribution >= 4 is 11.5 Å². The van der Waals surface area contributed by atoms with Gasteiger partial charge in [-0.2, -0.15) is 5.26 Å². The number of morpholine rings is 1. The molecule has 0 atom stereocenters. The molecule has 2 rings (SSSR count). The van der Waals surface area contributed by atoms with E-state index in [0.29, 0.717) is 30.4 Å². The predicted octanol–water partition coefficient (Wildman–Crippen LogP) is 0.372. The molecule has 0 aromatic carbocycles. The first-order chi connectivity index (χ1) is 7.31. The Labute approximate surface area is 88.1 Å². The van der Waals surface area contributed by atoms with Crippen molar-refractivity contribution in [2.75, 3.05) is 36.9 Å². The van der Waals surface area contributed by atoms with Crippen molar-refractivity contribution in [3.05, 3.63) is 17.8 Å². The smallest absolute Gasteiger partial charge is 0.153 e. The van der Waals surface area contributed by atoms with Crippen LogP contribution in [0.5, 0.6) is 0 Å². The highest BCUT2D eigenvalue weighted by atomic mass is 16.5. The fraction of sp³-hybridized carbons (Fsp3) is 0.400. The molecule has 0 bridgehead atoms. The number of hydrogen-bond donors (Lipinski definition) is 1. The number of nitriles is 1. The number of rotatable bonds is 1. The van der Waals surface area contributed by atoms with Gasteiger partial charge in [0.25, 0.3) is 0 Å². The summed E-state index contributed by atoms with van der Waals surface area (Å²) < 4.78 is 5.24. The highest BCUT2D eigenvalue weighted by Crippen LogP contribution is 2.21. The molecule has 1 saturated heterocycles. The minimum Gasteiger partial charge on any atom is -0.396 e. The van der Waals surface area contributed by atoms with Crippen LogP contribution in [0.15, 0.2) is 12.1 Å². The van der Waals surface area contributed by atoms with Gasteiger partial charge in [-0.3, -0.25) is 0 Å². The molecule has 1 aliphatic rings. The zero-order valence-electron chi connectivity index (χ0n) is 8.31. The van der Waals surface area contributed by atoms with E-state index in [1.165, 1.54) is 0 Å². The normalized spacial score (nSPS) is 16.1. The third-order valence-electron chi connectivity index (χ3n) is 2.33. The molecule has 5 heteroatoms. The molecule has 2 heterocycles. The summed E-state index contributed by atoms with van der Waals surface area (Å²) in [6, 6.07) is 5.35. The van der Waals surface area contributed by atoms with Crippen LogP contribution in [0.25, 0.3) is 0 Å². The number of nitrogen functional groups attached to an aromatic ring is 1. The van der Waals surface area contributed by atoms with Crippen molar-refractivity contribution < 1.29 is 4.74 Å². The first-order valence-corrected chi connectivity index (χ1v) is 4.80. The van der Waals surface area contributed by atoms with Gasteiger partial charge in [-0.1, -0.05) is 0 Å². The van der Waals surface area contributed by atoms with Crippen LogP contribution in [-0.2, 0) is 4.74 Å². The van der Waals surface area contributed by atoms with Gasteiger partial charge < -0.3 is 15.4 Å². The molecule has 15 heavy (non-hydrogen) atoms. The number of hydrogen-bond acceptors (Lipinski definition) is 5. The molecule has 1 fully saturated rings. The monoisotopic (exact) mass is 204 g/mol. The summed E-state index contributed by atoms with van der Waals surface area (Å²) in [6.07, 6.45) is 0. The first-order valence-electron chi connectivity index (χ1n) is 4.80. The highest BCUT2D eigenvalue weighted by molar-refractivity contribution is 5.63. The second-order valence-electron chi connectivity index (χ2n) is 3.32. The molecule has 2 N–H and O–H groups in total. The molecule has 0 saturated carbocycles. The molecule has 0 aliphatic carbocycles. The van der Waals surface area contributed by atoms with E-state index in [1.807, 2.05) is 11.0 Å². The number of anilines is 2. The summed E-state index contributed by atoms with van der Waals surface area (Å²) in [5.74, 6) is 0.692. The van der Waals surface area contributed by atoms with Crippen molar-refractivity contribution in [1.29, 1.82) is 5.26 Å². The summed E-state index contributed by atoms with van der Waals surface area (Å²) in [4.78, 5) is 6.24. The number of ether oxygens (including phenoxy) is 1. The fourth-order valence-electron chi connectivity index (χ4n) is 1.55. The summed E-state index contributed by atoms with van der Waals surface area (Å²) in [7, 11) is 0. The SMILES string of the molecule is N#Cc1ccc(N)c(N2CCOCC2)n1. The summed E-state index contributed by atoms with van der Waals surface area (Å²) in [5.41, 5.74) is 6.82. The van der Waals surface area contributed by atoms with E-state index >= 15 is 0 Å². The molecule has 1 aromatic rings. The molecule has 5 nitrogen and oxygen atoms in total. The van der Waals surface area contributed by atoms with Crippen molar-refractivity contribution in [3.63, 3.8) is 0 Å². The number of pyridine rings is 1. The minimum absolute atomic E-state index is 0.394. The van der Waals surface area contributed by atoms with Crippen LogP contribution in [-0.4, -0.2) is 31.3 Å². The van der Waals surface area contributed by atoms with Crippen molar-refractivity contribution in [3.8, 4) is 6.07 Å². The van der Waals surface area contributed by atoms with Crippen LogP contribution in [0, 0.1) is 11.3 Å². The van der Waals surface area contributed by atoms with Crippen molar-refractivity contribution in [2.45, 2.75) is 0 Å². The Morgan fingerprint density at radius 2 is 2.13 bits per heavy atom. The molecule has 78 valence electrons. The van der Waals surface area contributed by atoms with Crippen LogP contribution >= 0.6 is 0 Å². The lowest BCUT2D eigenvalue weighted by Gasteiger charge is -2.28. The Morgan fingerprint density at radius 1 is 1.40 bits per heavy atom. The quantitative estimate of drug-likeness (QED) is 0.715. The minimum atomic E-state index is 0.394. The second-order valence-corrected chi connectivity index (χ2v) is 3.32. The van der Waals surface area contributed by atoms with Crippen molar-refractivity contribution in [1.82, 2.24) is 4.98 Å². The predicted molar refractivity (Wildman–Crippen MR) is 56.4 cm³/mol. The Hall–Kier alpha value is -1.80. The van der Waals surface area contributed by atoms with E-state index in [9.17, 15) is 0 Å². The zero-order valence-corrected chi connectivity index (χ0v) is 8.31. The molecular formula is C10H12N4O. The lowest BCUT2D eigenvalue weighted by molar-refractivity contribution is 0.122. The molecule has 0 unspecified atom stereocenters. The molecule has 1 aliphatic heterocycles. The van der Waals surface area contributed by atoms with Crippen LogP contribution in [0.2, 0.25) is 0 Å². The third-order valence-corrected chi connectivity index (χ3v) is 2.33. The van der Waals surface area contributed by atoms with E-state index in [2.05, 4.69) is 4.98 Å². The van der Waals surface area contributed by atoms with Crippen molar-refractivity contribution in [2.24, 2.45) is 0 Å². The summed E-state index contributed by atoms with van der Waals surface area (Å²) >= 11 is 0. The van der Waals surface area contributed by atoms with Gasteiger partial charge >= 0.3 is 0 Å². The Bertz CT molecular complexity index is 393. The van der Waals surface area contributed by atoms with E-state index in [4.69, 9.17) is 15.7 Å². The summed E-state index contributed by atoms with van der Waals surface area (Å²) in [6.45, 7) is 2.90. The van der Waals surface area contributed by atoms with Gasteiger partial charge in [0.1, 0.15) is 11.8 Å². The van der Waals surface area contributed by atoms with Gasteiger partial charge in [0.05, 0.1) is 18.9 Å². The van der Waals surface area contributed by atoms with Gasteiger partial charge in [-0.25, -0.2) is 4.98 Å². The van der Waals surface area contributed by atoms with Gasteiger partial charge in [0.15, 0.2) is 5.82 Å². The number of aromatic nitrogens is 1. The van der Waals surface area contributed by atoms with E-state index in [1.54, 1.807) is 12.1 Å². The van der Waals surface area contributed by atoms with Crippen LogP contribution in [0.1, 0.15) is 5.69 Å². The van der Waals surface area contributed by atoms with Gasteiger partial charge in [-0.15, -0.1) is 0 Å². The molecule has 1 aromatic heterocycles. The van der Waals surface area contributed by atoms with Gasteiger partial charge in [-0.05, 0) is 12.1 Å². The number of nitrogens with two attached hydrogens (primary N) is 1. The first kappa shape index (κ1) is 9.74. The molecular weight excluding hydrogens is 192 g/mol. The fourth-order valence-corrected chi connectivity index (χ4v) is 1.55. The largest absolute Gasteiger partial charge is 0.396 e. The van der Waals surface area contributed by atoms with Gasteiger partial charge in [0, 0.05) is 13.1 Å². The van der Waals surface area contributed by atoms with Crippen LogP contribution in [0.4, 0.5) is 11.5 Å². The Morgan fingerprint density at radius 3 is 2.80 bits per heavy atom. The maximum atomic E-state index is 8.75. The number of nitrogens with zero attached hydrogens (tertiary/aromatic N) is 3. The topological polar surface area (TPSA) is 75.2 Å². The molecule has 0 spiro atoms. The molecule has 0 radical (unpaired) electrons. The summed E-state index contributed by atoms with van der Waals surface area (Å²) in [5, 5.41) is 8.75. The maximum Gasteiger partial charge on any atom is 0.153 e. The maximum absolute atomic E-state index is 8.75. The lowest BCUT2D eigenvalue weighted by atomic mass is 10.3. The Balaban J connectivity index is 2.29. The van der Waals surface area contributed by atoms with E-state index in [-0.39, 0.29) is 0 Å². The second kappa shape index (κ2) is 4.15. The Kier molecular flexibility index (Phi) is 2.70.